The maximum Gasteiger partial charge on any atom is 0.253 e. The Bertz CT molecular complexity index is 2610. The van der Waals surface area contributed by atoms with Crippen LogP contribution in [0.1, 0.15) is 158 Å². The molecule has 0 bridgehead atoms. The third-order valence-corrected chi connectivity index (χ3v) is 14.9. The first kappa shape index (κ1) is 65.0. The van der Waals surface area contributed by atoms with Crippen LogP contribution in [-0.2, 0) is 44.8 Å². The van der Waals surface area contributed by atoms with Gasteiger partial charge in [-0.1, -0.05) is 119 Å². The fraction of sp³-hybridized carbons (Fsp3) is 0.586. The van der Waals surface area contributed by atoms with E-state index in [4.69, 9.17) is 0 Å². The molecule has 80 heavy (non-hydrogen) atoms. The van der Waals surface area contributed by atoms with Crippen LogP contribution < -0.4 is 53.2 Å². The molecule has 22 heteroatoms. The Morgan fingerprint density at radius 1 is 0.575 bits per heavy atom. The van der Waals surface area contributed by atoms with Crippen LogP contribution in [0, 0.1) is 29.6 Å². The van der Waals surface area contributed by atoms with Gasteiger partial charge >= 0.3 is 0 Å². The molecule has 1 aliphatic carbocycles. The average molecular weight is 1110 g/mol. The molecule has 0 unspecified atom stereocenters. The molecule has 1 fully saturated rings. The summed E-state index contributed by atoms with van der Waals surface area (Å²) in [7, 11) is 1.50. The molecule has 1 saturated heterocycles. The number of amides is 9. The lowest BCUT2D eigenvalue weighted by Crippen LogP contribution is -2.63. The number of carbonyl (C=O) groups excluding carboxylic acids is 11. The minimum Gasteiger partial charge on any atom is -0.385 e. The number of nitrogens with zero attached hydrogens (tertiary/aromatic N) is 1. The fourth-order valence-corrected chi connectivity index (χ4v) is 9.31. The smallest absolute Gasteiger partial charge is 0.253 e. The summed E-state index contributed by atoms with van der Waals surface area (Å²) < 4.78 is 0. The van der Waals surface area contributed by atoms with E-state index >= 15 is 0 Å². The minimum atomic E-state index is -1.34. The molecule has 1 aromatic carbocycles. The van der Waals surface area contributed by atoms with Crippen LogP contribution in [0.5, 0.6) is 0 Å². The molecule has 9 amide bonds. The molecule has 1 aliphatic heterocycles. The van der Waals surface area contributed by atoms with Crippen molar-refractivity contribution in [3.05, 3.63) is 76.8 Å². The Hall–Kier alpha value is -7.52. The number of hydrogen-bond acceptors (Lipinski definition) is 13. The van der Waals surface area contributed by atoms with Crippen molar-refractivity contribution in [3.63, 3.8) is 0 Å². The predicted octanol–water partition coefficient (Wildman–Crippen LogP) is 2.46. The molecule has 1 aromatic heterocycles. The Morgan fingerprint density at radius 2 is 1.06 bits per heavy atom. The predicted molar refractivity (Wildman–Crippen MR) is 300 cm³/mol. The van der Waals surface area contributed by atoms with Crippen molar-refractivity contribution < 1.29 is 52.7 Å². The van der Waals surface area contributed by atoms with E-state index in [0.29, 0.717) is 24.8 Å². The van der Waals surface area contributed by atoms with Gasteiger partial charge in [0.2, 0.25) is 53.0 Å². The summed E-state index contributed by atoms with van der Waals surface area (Å²) >= 11 is 0. The number of fused-ring (bicyclic) bond motifs is 1. The van der Waals surface area contributed by atoms with E-state index in [2.05, 4.69) is 58.2 Å². The van der Waals surface area contributed by atoms with Crippen molar-refractivity contribution in [2.24, 2.45) is 29.6 Å². The number of carbonyl (C=O) groups is 11. The number of hydrogen-bond donors (Lipinski definition) is 10. The number of pyridine rings is 1. The minimum absolute atomic E-state index is 0.0188. The number of aromatic nitrogens is 1. The highest BCUT2D eigenvalue weighted by Crippen LogP contribution is 2.23. The Labute approximate surface area is 469 Å². The topological polar surface area (TPSA) is 321 Å². The van der Waals surface area contributed by atoms with Gasteiger partial charge in [-0.05, 0) is 67.8 Å². The van der Waals surface area contributed by atoms with Gasteiger partial charge in [0.1, 0.15) is 48.3 Å². The molecule has 2 aliphatic rings. The first-order valence-electron chi connectivity index (χ1n) is 28.1. The van der Waals surface area contributed by atoms with Crippen LogP contribution in [0.3, 0.4) is 0 Å². The van der Waals surface area contributed by atoms with Crippen LogP contribution in [0.2, 0.25) is 0 Å². The van der Waals surface area contributed by atoms with Crippen LogP contribution >= 0.6 is 0 Å². The highest BCUT2D eigenvalue weighted by atomic mass is 16.2. The highest BCUT2D eigenvalue weighted by molar-refractivity contribution is 6.27. The highest BCUT2D eigenvalue weighted by Gasteiger charge is 2.39. The largest absolute Gasteiger partial charge is 0.385 e. The summed E-state index contributed by atoms with van der Waals surface area (Å²) in [5.41, 5.74) is 0.528. The number of Topliss-reactive ketones (excluding diaryl/α,β-unsaturated/α-hetero) is 1. The molecule has 11 atom stereocenters. The second-order valence-corrected chi connectivity index (χ2v) is 21.9. The summed E-state index contributed by atoms with van der Waals surface area (Å²) in [5.74, 6) is -9.56. The number of nitrogens with one attached hydrogen (secondary N) is 10. The zero-order valence-electron chi connectivity index (χ0n) is 48.4. The summed E-state index contributed by atoms with van der Waals surface area (Å²) in [6.45, 7) is 19.3. The summed E-state index contributed by atoms with van der Waals surface area (Å²) in [6.07, 6.45) is 5.29. The van der Waals surface area contributed by atoms with Crippen molar-refractivity contribution in [1.29, 1.82) is 0 Å². The molecule has 0 radical (unpaired) electrons. The zero-order valence-corrected chi connectivity index (χ0v) is 48.4. The van der Waals surface area contributed by atoms with Crippen LogP contribution in [0.15, 0.2) is 54.5 Å². The van der Waals surface area contributed by atoms with E-state index in [9.17, 15) is 52.7 Å². The Balaban J connectivity index is 1.76. The third-order valence-electron chi connectivity index (χ3n) is 14.9. The molecule has 4 rings (SSSR count). The lowest BCUT2D eigenvalue weighted by atomic mass is 9.90. The quantitative estimate of drug-likeness (QED) is 0.0961. The molecule has 0 saturated carbocycles. The zero-order chi connectivity index (χ0) is 59.5. The van der Waals surface area contributed by atoms with Crippen molar-refractivity contribution >= 4 is 64.7 Å². The lowest BCUT2D eigenvalue weighted by molar-refractivity contribution is -0.138. The van der Waals surface area contributed by atoms with E-state index < -0.39 is 137 Å². The van der Waals surface area contributed by atoms with E-state index in [-0.39, 0.29) is 67.0 Å². The normalized spacial score (nSPS) is 24.4. The molecule has 22 nitrogen and oxygen atoms in total. The van der Waals surface area contributed by atoms with Crippen LogP contribution in [0.4, 0.5) is 0 Å². The Kier molecular flexibility index (Phi) is 25.0. The molecule has 0 spiro atoms. The molecule has 10 N–H and O–H groups in total. The number of likely N-dealkylation sites (N-methyl/N-ethyl adjacent to an activating group) is 1. The van der Waals surface area contributed by atoms with Gasteiger partial charge in [0, 0.05) is 44.0 Å². The fourth-order valence-electron chi connectivity index (χ4n) is 9.31. The van der Waals surface area contributed by atoms with Gasteiger partial charge in [0.15, 0.2) is 5.78 Å². The van der Waals surface area contributed by atoms with Crippen molar-refractivity contribution in [3.8, 4) is 0 Å². The SMILES string of the molecule is CC[C@@H](C)[C@H]1NC(=O)[C@H](C(C)C)NC(=O)[C@@H](C)NC(=O)[C@H]([C@@H](C)CC)NC(=O)[C@@H](CC(C)C)NC(=O)[C@@H](Cc2ccccc2)NC(=O)[C@H]([C@@H](C)CC)NC(=O)[C@H](CCCCNC(=O)c2cncc3c2C(=O)C=C(NC)C3=O)NC1=O. The summed E-state index contributed by atoms with van der Waals surface area (Å²) in [5, 5.41) is 27.8. The van der Waals surface area contributed by atoms with E-state index in [1.165, 1.54) is 26.4 Å². The number of benzene rings is 1. The van der Waals surface area contributed by atoms with Crippen molar-refractivity contribution in [1.82, 2.24) is 58.2 Å². The van der Waals surface area contributed by atoms with Gasteiger partial charge in [0.25, 0.3) is 5.91 Å². The maximum absolute atomic E-state index is 14.8. The number of rotatable bonds is 18. The second kappa shape index (κ2) is 30.7. The van der Waals surface area contributed by atoms with Gasteiger partial charge < -0.3 is 53.2 Å². The maximum atomic E-state index is 14.8. The first-order chi connectivity index (χ1) is 37.9. The first-order valence-corrected chi connectivity index (χ1v) is 28.1. The van der Waals surface area contributed by atoms with Gasteiger partial charge in [-0.15, -0.1) is 0 Å². The lowest BCUT2D eigenvalue weighted by Gasteiger charge is -2.32. The second-order valence-electron chi connectivity index (χ2n) is 21.9. The van der Waals surface area contributed by atoms with E-state index in [0.717, 1.165) is 6.08 Å². The number of allylic oxidation sites excluding steroid dienone is 2. The van der Waals surface area contributed by atoms with Gasteiger partial charge in [0.05, 0.1) is 16.8 Å². The number of unbranched alkanes of at least 4 members (excludes halogenated alkanes) is 1. The molecule has 2 aromatic rings. The van der Waals surface area contributed by atoms with E-state index in [1.54, 1.807) is 65.0 Å². The standard InChI is InChI=1S/C58H85N11O11/c1-13-32(8)46-56(78)62-35(11)50(72)66-45(31(6)7)55(77)69-48(34(10)15-3)57(79)63-39(23-19-20-24-61-51(73)38-29-60-28-37-44(38)43(70)27-40(59-12)49(37)71)52(74)67-47(33(9)14-2)58(80)65-42(26-36-21-17-16-18-22-36)53(75)64-41(25-30(4)5)54(76)68-46/h16-18,21-22,27-35,39,41-42,45-48,59H,13-15,19-20,23-26H2,1-12H3,(H,61,73)(H,62,78)(H,63,79)(H,64,75)(H,65,80)(H,66,72)(H,67,74)(H,68,76)(H,69,77)/t32-,33-,34+,35+,39-,41+,42+,45-,46-,47-,48+/m0/s1. The molecule has 2 heterocycles. The van der Waals surface area contributed by atoms with Crippen LogP contribution in [-0.4, -0.2) is 132 Å². The average Bonchev–Trinajstić information content (AvgIpc) is 3.47. The molecule has 438 valence electrons. The molecular formula is C58H85N11O11. The molecular weight excluding hydrogens is 1030 g/mol. The van der Waals surface area contributed by atoms with Gasteiger partial charge in [-0.25, -0.2) is 0 Å². The monoisotopic (exact) mass is 1110 g/mol. The van der Waals surface area contributed by atoms with Gasteiger partial charge in [-0.2, -0.15) is 0 Å². The summed E-state index contributed by atoms with van der Waals surface area (Å²) in [4.78, 5) is 159. The third kappa shape index (κ3) is 17.7. The van der Waals surface area contributed by atoms with Crippen LogP contribution in [0.25, 0.3) is 0 Å². The Morgan fingerprint density at radius 3 is 1.60 bits per heavy atom. The van der Waals surface area contributed by atoms with E-state index in [1.807, 2.05) is 34.6 Å². The van der Waals surface area contributed by atoms with Crippen molar-refractivity contribution in [2.45, 2.75) is 176 Å². The van der Waals surface area contributed by atoms with Crippen molar-refractivity contribution in [2.75, 3.05) is 13.6 Å². The van der Waals surface area contributed by atoms with Gasteiger partial charge in [-0.3, -0.25) is 57.7 Å². The summed E-state index contributed by atoms with van der Waals surface area (Å²) in [6, 6.07) is -0.993. The number of ketones is 2.